The van der Waals surface area contributed by atoms with Crippen LogP contribution in [-0.2, 0) is 6.54 Å². The van der Waals surface area contributed by atoms with Crippen LogP contribution in [-0.4, -0.2) is 47.9 Å². The number of carbonyl (C=O) groups excluding carboxylic acids is 2. The quantitative estimate of drug-likeness (QED) is 0.531. The molecule has 4 rings (SSSR count). The second-order valence-corrected chi connectivity index (χ2v) is 9.20. The summed E-state index contributed by atoms with van der Waals surface area (Å²) >= 11 is 0. The van der Waals surface area contributed by atoms with Crippen molar-refractivity contribution in [2.45, 2.75) is 37.8 Å². The van der Waals surface area contributed by atoms with Crippen molar-refractivity contribution in [3.8, 4) is 11.1 Å². The summed E-state index contributed by atoms with van der Waals surface area (Å²) in [4.78, 5) is 31.7. The van der Waals surface area contributed by atoms with E-state index in [0.29, 0.717) is 24.2 Å². The number of aromatic nitrogens is 1. The van der Waals surface area contributed by atoms with Crippen LogP contribution >= 0.6 is 0 Å². The number of carbonyl (C=O) groups is 2. The van der Waals surface area contributed by atoms with Gasteiger partial charge in [-0.2, -0.15) is 0 Å². The van der Waals surface area contributed by atoms with Gasteiger partial charge in [-0.05, 0) is 80.0 Å². The van der Waals surface area contributed by atoms with E-state index in [1.54, 1.807) is 12.4 Å². The third kappa shape index (κ3) is 5.51. The fraction of sp³-hybridized carbons (Fsp3) is 0.321. The lowest BCUT2D eigenvalue weighted by molar-refractivity contribution is 0.0899. The van der Waals surface area contributed by atoms with Crippen molar-refractivity contribution in [1.82, 2.24) is 20.5 Å². The van der Waals surface area contributed by atoms with Gasteiger partial charge in [-0.25, -0.2) is 0 Å². The standard InChI is InChI=1S/C28H32N4O2/c1-32(2)28(14-3-4-15-28)20-31-27(34)25-7-5-6-21(18-25)19-30-26(33)24-10-8-22(9-11-24)23-12-16-29-17-13-23/h5-13,16-18H,3-4,14-15,19-20H2,1-2H3,(H,30,33)(H,31,34). The van der Waals surface area contributed by atoms with E-state index < -0.39 is 0 Å². The number of benzene rings is 2. The first-order chi connectivity index (χ1) is 16.5. The van der Waals surface area contributed by atoms with Crippen molar-refractivity contribution in [1.29, 1.82) is 0 Å². The van der Waals surface area contributed by atoms with E-state index in [1.807, 2.05) is 60.7 Å². The van der Waals surface area contributed by atoms with E-state index in [2.05, 4.69) is 34.6 Å². The van der Waals surface area contributed by atoms with Crippen LogP contribution in [0.3, 0.4) is 0 Å². The number of likely N-dealkylation sites (N-methyl/N-ethyl adjacent to an activating group) is 1. The molecule has 1 saturated carbocycles. The maximum Gasteiger partial charge on any atom is 0.251 e. The summed E-state index contributed by atoms with van der Waals surface area (Å²) in [6, 6.07) is 18.8. The zero-order valence-electron chi connectivity index (χ0n) is 19.9. The fourth-order valence-electron chi connectivity index (χ4n) is 4.63. The van der Waals surface area contributed by atoms with Crippen LogP contribution in [0, 0.1) is 0 Å². The molecule has 0 bridgehead atoms. The average molecular weight is 457 g/mol. The molecule has 1 aliphatic carbocycles. The maximum absolute atomic E-state index is 12.8. The molecule has 0 atom stereocenters. The highest BCUT2D eigenvalue weighted by Gasteiger charge is 2.36. The van der Waals surface area contributed by atoms with Crippen LogP contribution in [0.5, 0.6) is 0 Å². The lowest BCUT2D eigenvalue weighted by Gasteiger charge is -2.36. The minimum atomic E-state index is -0.148. The zero-order valence-corrected chi connectivity index (χ0v) is 19.9. The third-order valence-electron chi connectivity index (χ3n) is 6.86. The molecule has 1 fully saturated rings. The van der Waals surface area contributed by atoms with Crippen molar-refractivity contribution in [3.63, 3.8) is 0 Å². The fourth-order valence-corrected chi connectivity index (χ4v) is 4.63. The summed E-state index contributed by atoms with van der Waals surface area (Å²) in [6.07, 6.45) is 8.12. The molecule has 34 heavy (non-hydrogen) atoms. The Morgan fingerprint density at radius 2 is 1.50 bits per heavy atom. The predicted molar refractivity (Wildman–Crippen MR) is 135 cm³/mol. The number of rotatable bonds is 8. The number of nitrogens with zero attached hydrogens (tertiary/aromatic N) is 2. The van der Waals surface area contributed by atoms with Crippen LogP contribution < -0.4 is 10.6 Å². The molecule has 1 aliphatic rings. The molecule has 1 aromatic heterocycles. The predicted octanol–water partition coefficient (Wildman–Crippen LogP) is 4.28. The summed E-state index contributed by atoms with van der Waals surface area (Å²) < 4.78 is 0. The Morgan fingerprint density at radius 1 is 0.853 bits per heavy atom. The van der Waals surface area contributed by atoms with Gasteiger partial charge in [0.2, 0.25) is 0 Å². The Labute approximate surface area is 201 Å². The highest BCUT2D eigenvalue weighted by atomic mass is 16.2. The Balaban J connectivity index is 1.33. The normalized spacial score (nSPS) is 14.7. The van der Waals surface area contributed by atoms with Gasteiger partial charge in [0, 0.05) is 42.1 Å². The number of nitrogens with one attached hydrogen (secondary N) is 2. The maximum atomic E-state index is 12.8. The summed E-state index contributed by atoms with van der Waals surface area (Å²) in [5.41, 5.74) is 4.23. The average Bonchev–Trinajstić information content (AvgIpc) is 3.37. The van der Waals surface area contributed by atoms with Gasteiger partial charge in [0.05, 0.1) is 0 Å². The van der Waals surface area contributed by atoms with Gasteiger partial charge in [-0.1, -0.05) is 37.1 Å². The first-order valence-corrected chi connectivity index (χ1v) is 11.8. The largest absolute Gasteiger partial charge is 0.350 e. The molecule has 176 valence electrons. The molecule has 2 aromatic carbocycles. The molecule has 6 nitrogen and oxygen atoms in total. The molecule has 3 aromatic rings. The van der Waals surface area contributed by atoms with Gasteiger partial charge in [-0.15, -0.1) is 0 Å². The number of hydrogen-bond acceptors (Lipinski definition) is 4. The first kappa shape index (κ1) is 23.6. The Bertz CT molecular complexity index is 1120. The Hall–Kier alpha value is -3.51. The van der Waals surface area contributed by atoms with Crippen LogP contribution in [0.4, 0.5) is 0 Å². The molecule has 0 saturated heterocycles. The van der Waals surface area contributed by atoms with Crippen molar-refractivity contribution in [3.05, 3.63) is 89.7 Å². The van der Waals surface area contributed by atoms with Gasteiger partial charge in [0.1, 0.15) is 0 Å². The number of pyridine rings is 1. The lowest BCUT2D eigenvalue weighted by Crippen LogP contribution is -2.50. The van der Waals surface area contributed by atoms with E-state index in [1.165, 1.54) is 12.8 Å². The van der Waals surface area contributed by atoms with Crippen LogP contribution in [0.15, 0.2) is 73.1 Å². The summed E-state index contributed by atoms with van der Waals surface area (Å²) in [5.74, 6) is -0.224. The molecule has 1 heterocycles. The molecule has 6 heteroatoms. The highest BCUT2D eigenvalue weighted by Crippen LogP contribution is 2.33. The van der Waals surface area contributed by atoms with Crippen LogP contribution in [0.25, 0.3) is 11.1 Å². The molecular weight excluding hydrogens is 424 g/mol. The molecule has 0 radical (unpaired) electrons. The summed E-state index contributed by atoms with van der Waals surface area (Å²) in [7, 11) is 4.18. The van der Waals surface area contributed by atoms with Crippen LogP contribution in [0.1, 0.15) is 52.0 Å². The van der Waals surface area contributed by atoms with Crippen molar-refractivity contribution >= 4 is 11.8 Å². The SMILES string of the molecule is CN(C)C1(CNC(=O)c2cccc(CNC(=O)c3ccc(-c4ccncc4)cc3)c2)CCCC1. The van der Waals surface area contributed by atoms with Gasteiger partial charge in [-0.3, -0.25) is 14.6 Å². The van der Waals surface area contributed by atoms with E-state index in [-0.39, 0.29) is 17.4 Å². The molecule has 2 N–H and O–H groups in total. The van der Waals surface area contributed by atoms with Crippen molar-refractivity contribution in [2.75, 3.05) is 20.6 Å². The topological polar surface area (TPSA) is 74.3 Å². The first-order valence-electron chi connectivity index (χ1n) is 11.8. The Kier molecular flexibility index (Phi) is 7.38. The second-order valence-electron chi connectivity index (χ2n) is 9.20. The third-order valence-corrected chi connectivity index (χ3v) is 6.86. The van der Waals surface area contributed by atoms with Crippen molar-refractivity contribution in [2.24, 2.45) is 0 Å². The highest BCUT2D eigenvalue weighted by molar-refractivity contribution is 5.95. The van der Waals surface area contributed by atoms with E-state index in [9.17, 15) is 9.59 Å². The van der Waals surface area contributed by atoms with Gasteiger partial charge < -0.3 is 15.5 Å². The summed E-state index contributed by atoms with van der Waals surface area (Å²) in [6.45, 7) is 1.00. The minimum absolute atomic E-state index is 0.0498. The van der Waals surface area contributed by atoms with E-state index >= 15 is 0 Å². The zero-order chi connectivity index (χ0) is 24.0. The van der Waals surface area contributed by atoms with E-state index in [4.69, 9.17) is 0 Å². The lowest BCUT2D eigenvalue weighted by atomic mass is 9.96. The number of hydrogen-bond donors (Lipinski definition) is 2. The van der Waals surface area contributed by atoms with Crippen molar-refractivity contribution < 1.29 is 9.59 Å². The van der Waals surface area contributed by atoms with Gasteiger partial charge in [0.25, 0.3) is 11.8 Å². The molecule has 0 spiro atoms. The minimum Gasteiger partial charge on any atom is -0.350 e. The molecule has 2 amide bonds. The van der Waals surface area contributed by atoms with E-state index in [0.717, 1.165) is 29.5 Å². The molecule has 0 unspecified atom stereocenters. The van der Waals surface area contributed by atoms with Gasteiger partial charge in [0.15, 0.2) is 0 Å². The van der Waals surface area contributed by atoms with Crippen LogP contribution in [0.2, 0.25) is 0 Å². The number of amides is 2. The van der Waals surface area contributed by atoms with Gasteiger partial charge >= 0.3 is 0 Å². The molecule has 0 aliphatic heterocycles. The smallest absolute Gasteiger partial charge is 0.251 e. The summed E-state index contributed by atoms with van der Waals surface area (Å²) in [5, 5.41) is 6.08. The molecular formula is C28H32N4O2. The second kappa shape index (κ2) is 10.6. The Morgan fingerprint density at radius 3 is 2.18 bits per heavy atom. The monoisotopic (exact) mass is 456 g/mol.